The Labute approximate surface area is 170 Å². The molecule has 0 spiro atoms. The van der Waals surface area contributed by atoms with Crippen molar-refractivity contribution >= 4 is 11.8 Å². The third-order valence-corrected chi connectivity index (χ3v) is 4.88. The van der Waals surface area contributed by atoms with Crippen molar-refractivity contribution in [3.63, 3.8) is 0 Å². The van der Waals surface area contributed by atoms with Gasteiger partial charge in [-0.05, 0) is 43.5 Å². The van der Waals surface area contributed by atoms with Crippen molar-refractivity contribution in [2.24, 2.45) is 5.73 Å². The van der Waals surface area contributed by atoms with Crippen LogP contribution in [0.2, 0.25) is 0 Å². The van der Waals surface area contributed by atoms with E-state index in [1.54, 1.807) is 36.2 Å². The van der Waals surface area contributed by atoms with E-state index in [2.05, 4.69) is 16.3 Å². The van der Waals surface area contributed by atoms with Gasteiger partial charge in [-0.2, -0.15) is 5.10 Å². The number of rotatable bonds is 9. The summed E-state index contributed by atoms with van der Waals surface area (Å²) in [6.07, 6.45) is 3.88. The lowest BCUT2D eigenvalue weighted by Crippen LogP contribution is -2.28. The quantitative estimate of drug-likeness (QED) is 0.546. The van der Waals surface area contributed by atoms with E-state index in [0.717, 1.165) is 42.6 Å². The van der Waals surface area contributed by atoms with Gasteiger partial charge in [-0.1, -0.05) is 42.8 Å². The van der Waals surface area contributed by atoms with Gasteiger partial charge >= 0.3 is 0 Å². The summed E-state index contributed by atoms with van der Waals surface area (Å²) >= 11 is 0. The molecule has 0 fully saturated rings. The minimum absolute atomic E-state index is 0.103. The Kier molecular flexibility index (Phi) is 6.79. The molecule has 3 rings (SSSR count). The number of amides is 2. The number of carbonyl (C=O) groups is 2. The van der Waals surface area contributed by atoms with Crippen molar-refractivity contribution < 1.29 is 9.59 Å². The molecule has 0 atom stereocenters. The predicted molar refractivity (Wildman–Crippen MR) is 113 cm³/mol. The molecule has 0 unspecified atom stereocenters. The van der Waals surface area contributed by atoms with Gasteiger partial charge < -0.3 is 10.6 Å². The van der Waals surface area contributed by atoms with Crippen molar-refractivity contribution in [2.45, 2.75) is 25.7 Å². The maximum absolute atomic E-state index is 12.5. The lowest BCUT2D eigenvalue weighted by atomic mass is 10.1. The number of nitrogens with zero attached hydrogens (tertiary/aromatic N) is 2. The Morgan fingerprint density at radius 2 is 1.72 bits per heavy atom. The second-order valence-corrected chi connectivity index (χ2v) is 7.13. The molecule has 2 amide bonds. The molecule has 150 valence electrons. The molecule has 1 heterocycles. The third-order valence-electron chi connectivity index (χ3n) is 4.88. The van der Waals surface area contributed by atoms with Crippen LogP contribution in [-0.4, -0.2) is 40.5 Å². The minimum atomic E-state index is -0.531. The van der Waals surface area contributed by atoms with Crippen molar-refractivity contribution in [1.29, 1.82) is 0 Å². The molecule has 2 aromatic carbocycles. The molecule has 0 saturated carbocycles. The summed E-state index contributed by atoms with van der Waals surface area (Å²) in [5.41, 5.74) is 9.30. The molecule has 6 nitrogen and oxygen atoms in total. The van der Waals surface area contributed by atoms with Crippen molar-refractivity contribution in [2.75, 3.05) is 13.6 Å². The van der Waals surface area contributed by atoms with Crippen LogP contribution < -0.4 is 5.73 Å². The van der Waals surface area contributed by atoms with Gasteiger partial charge in [0.15, 0.2) is 0 Å². The number of nitrogens with one attached hydrogen (secondary N) is 1. The van der Waals surface area contributed by atoms with Gasteiger partial charge in [0, 0.05) is 36.0 Å². The molecule has 0 aliphatic heterocycles. The summed E-state index contributed by atoms with van der Waals surface area (Å²) in [6, 6.07) is 18.7. The lowest BCUT2D eigenvalue weighted by Gasteiger charge is -2.17. The van der Waals surface area contributed by atoms with E-state index in [1.807, 2.05) is 30.3 Å². The van der Waals surface area contributed by atoms with Gasteiger partial charge in [0.05, 0.1) is 5.69 Å². The lowest BCUT2D eigenvalue weighted by molar-refractivity contribution is 0.0792. The van der Waals surface area contributed by atoms with E-state index in [9.17, 15) is 9.59 Å². The van der Waals surface area contributed by atoms with Gasteiger partial charge in [0.2, 0.25) is 5.91 Å². The first kappa shape index (κ1) is 20.3. The van der Waals surface area contributed by atoms with Crippen molar-refractivity contribution in [1.82, 2.24) is 15.1 Å². The SMILES string of the molecule is CN(CCCCCc1cc(-c2ccccc2)n[nH]1)C(=O)c1cccc(C(N)=O)c1. The van der Waals surface area contributed by atoms with Crippen LogP contribution in [0.3, 0.4) is 0 Å². The maximum atomic E-state index is 12.5. The van der Waals surface area contributed by atoms with Crippen LogP contribution in [0.25, 0.3) is 11.3 Å². The number of hydrogen-bond acceptors (Lipinski definition) is 3. The van der Waals surface area contributed by atoms with Gasteiger partial charge in [-0.25, -0.2) is 0 Å². The molecule has 0 bridgehead atoms. The van der Waals surface area contributed by atoms with Gasteiger partial charge in [0.25, 0.3) is 5.91 Å². The minimum Gasteiger partial charge on any atom is -0.366 e. The second kappa shape index (κ2) is 9.68. The Bertz CT molecular complexity index is 966. The molecule has 0 saturated heterocycles. The predicted octanol–water partition coefficient (Wildman–Crippen LogP) is 3.66. The van der Waals surface area contributed by atoms with Gasteiger partial charge in [0.1, 0.15) is 0 Å². The Hall–Kier alpha value is -3.41. The highest BCUT2D eigenvalue weighted by Crippen LogP contribution is 2.18. The Balaban J connectivity index is 1.41. The van der Waals surface area contributed by atoms with Crippen LogP contribution >= 0.6 is 0 Å². The summed E-state index contributed by atoms with van der Waals surface area (Å²) in [7, 11) is 1.78. The van der Waals surface area contributed by atoms with Crippen LogP contribution in [0.5, 0.6) is 0 Å². The zero-order chi connectivity index (χ0) is 20.6. The summed E-state index contributed by atoms with van der Waals surface area (Å²) in [5, 5.41) is 7.48. The zero-order valence-corrected chi connectivity index (χ0v) is 16.6. The fourth-order valence-corrected chi connectivity index (χ4v) is 3.22. The summed E-state index contributed by atoms with van der Waals surface area (Å²) in [5.74, 6) is -0.634. The molecule has 0 aliphatic carbocycles. The molecular weight excluding hydrogens is 364 g/mol. The second-order valence-electron chi connectivity index (χ2n) is 7.13. The van der Waals surface area contributed by atoms with Crippen LogP contribution in [0.4, 0.5) is 0 Å². The molecule has 3 aromatic rings. The van der Waals surface area contributed by atoms with Crippen LogP contribution in [0, 0.1) is 0 Å². The van der Waals surface area contributed by atoms with E-state index in [4.69, 9.17) is 5.73 Å². The average molecular weight is 390 g/mol. The normalized spacial score (nSPS) is 10.7. The largest absolute Gasteiger partial charge is 0.366 e. The fourth-order valence-electron chi connectivity index (χ4n) is 3.22. The number of nitrogens with two attached hydrogens (primary N) is 1. The van der Waals surface area contributed by atoms with E-state index >= 15 is 0 Å². The number of aryl methyl sites for hydroxylation is 1. The van der Waals surface area contributed by atoms with Crippen LogP contribution in [0.15, 0.2) is 60.7 Å². The molecule has 6 heteroatoms. The number of primary amides is 1. The summed E-state index contributed by atoms with van der Waals surface area (Å²) < 4.78 is 0. The van der Waals surface area contributed by atoms with Gasteiger partial charge in [-0.15, -0.1) is 0 Å². The van der Waals surface area contributed by atoms with E-state index < -0.39 is 5.91 Å². The monoisotopic (exact) mass is 390 g/mol. The highest BCUT2D eigenvalue weighted by atomic mass is 16.2. The molecule has 29 heavy (non-hydrogen) atoms. The van der Waals surface area contributed by atoms with Crippen molar-refractivity contribution in [3.8, 4) is 11.3 Å². The first-order chi connectivity index (χ1) is 14.0. The summed E-state index contributed by atoms with van der Waals surface area (Å²) in [4.78, 5) is 25.5. The molecule has 1 aromatic heterocycles. The smallest absolute Gasteiger partial charge is 0.253 e. The molecular formula is C23H26N4O2. The van der Waals surface area contributed by atoms with E-state index in [1.165, 1.54) is 0 Å². The van der Waals surface area contributed by atoms with Crippen LogP contribution in [-0.2, 0) is 6.42 Å². The number of unbranched alkanes of at least 4 members (excludes halogenated alkanes) is 2. The Morgan fingerprint density at radius 3 is 2.48 bits per heavy atom. The molecule has 3 N–H and O–H groups in total. The fraction of sp³-hybridized carbons (Fsp3) is 0.261. The molecule has 0 aliphatic rings. The zero-order valence-electron chi connectivity index (χ0n) is 16.6. The average Bonchev–Trinajstić information content (AvgIpc) is 3.22. The topological polar surface area (TPSA) is 92.1 Å². The number of aromatic nitrogens is 2. The number of H-pyrrole nitrogens is 1. The Morgan fingerprint density at radius 1 is 0.966 bits per heavy atom. The maximum Gasteiger partial charge on any atom is 0.253 e. The number of hydrogen-bond donors (Lipinski definition) is 2. The molecule has 0 radical (unpaired) electrons. The number of benzene rings is 2. The first-order valence-electron chi connectivity index (χ1n) is 9.79. The van der Waals surface area contributed by atoms with Crippen molar-refractivity contribution in [3.05, 3.63) is 77.5 Å². The highest BCUT2D eigenvalue weighted by molar-refractivity contribution is 5.98. The summed E-state index contributed by atoms with van der Waals surface area (Å²) in [6.45, 7) is 0.665. The van der Waals surface area contributed by atoms with E-state index in [0.29, 0.717) is 17.7 Å². The van der Waals surface area contributed by atoms with Crippen LogP contribution in [0.1, 0.15) is 45.7 Å². The van der Waals surface area contributed by atoms with E-state index in [-0.39, 0.29) is 5.91 Å². The first-order valence-corrected chi connectivity index (χ1v) is 9.79. The number of aromatic amines is 1. The third kappa shape index (κ3) is 5.54. The standard InChI is InChI=1S/C23H26N4O2/c1-27(23(29)19-12-8-11-18(15-19)22(24)28)14-7-3-6-13-20-16-21(26-25-20)17-9-4-2-5-10-17/h2,4-5,8-12,15-16H,3,6-7,13-14H2,1H3,(H2,24,28)(H,25,26). The number of carbonyl (C=O) groups excluding carboxylic acids is 2. The van der Waals surface area contributed by atoms with Gasteiger partial charge in [-0.3, -0.25) is 14.7 Å². The highest BCUT2D eigenvalue weighted by Gasteiger charge is 2.13.